The number of nitrogens with zero attached hydrogens (tertiary/aromatic N) is 2. The topological polar surface area (TPSA) is 79.4 Å². The molecule has 0 unspecified atom stereocenters. The predicted octanol–water partition coefficient (Wildman–Crippen LogP) is 3.98. The summed E-state index contributed by atoms with van der Waals surface area (Å²) in [6.45, 7) is 0.485. The normalized spacial score (nSPS) is 11.2. The number of aromatic nitrogens is 1. The summed E-state index contributed by atoms with van der Waals surface area (Å²) < 4.78 is 28.3. The molecule has 0 saturated heterocycles. The van der Waals surface area contributed by atoms with Gasteiger partial charge < -0.3 is 4.90 Å². The van der Waals surface area contributed by atoms with Gasteiger partial charge in [-0.1, -0.05) is 0 Å². The number of benzene rings is 1. The summed E-state index contributed by atoms with van der Waals surface area (Å²) in [5, 5.41) is 1.96. The SMILES string of the molecule is CN(Cc1cc(Br)cs1)C(=O)c1ccc(S(=O)(=O)Nc2ccncc2)cc1. The fourth-order valence-corrected chi connectivity index (χ4v) is 4.94. The Morgan fingerprint density at radius 2 is 1.85 bits per heavy atom. The summed E-state index contributed by atoms with van der Waals surface area (Å²) in [5.41, 5.74) is 0.850. The number of rotatable bonds is 6. The predicted molar refractivity (Wildman–Crippen MR) is 109 cm³/mol. The summed E-state index contributed by atoms with van der Waals surface area (Å²) in [7, 11) is -2.01. The Labute approximate surface area is 170 Å². The average molecular weight is 466 g/mol. The molecule has 0 saturated carbocycles. The number of carbonyl (C=O) groups is 1. The lowest BCUT2D eigenvalue weighted by molar-refractivity contribution is 0.0786. The van der Waals surface area contributed by atoms with Gasteiger partial charge in [0.25, 0.3) is 15.9 Å². The molecule has 0 bridgehead atoms. The number of hydrogen-bond acceptors (Lipinski definition) is 5. The molecule has 1 amide bonds. The van der Waals surface area contributed by atoms with E-state index in [0.29, 0.717) is 17.8 Å². The smallest absolute Gasteiger partial charge is 0.261 e. The highest BCUT2D eigenvalue weighted by Crippen LogP contribution is 2.22. The number of anilines is 1. The van der Waals surface area contributed by atoms with Crippen LogP contribution in [-0.4, -0.2) is 31.3 Å². The zero-order chi connectivity index (χ0) is 19.4. The van der Waals surface area contributed by atoms with Crippen molar-refractivity contribution in [3.05, 3.63) is 75.2 Å². The van der Waals surface area contributed by atoms with Crippen molar-refractivity contribution in [2.24, 2.45) is 0 Å². The number of halogens is 1. The van der Waals surface area contributed by atoms with E-state index in [1.165, 1.54) is 36.7 Å². The lowest BCUT2D eigenvalue weighted by Crippen LogP contribution is -2.25. The second-order valence-electron chi connectivity index (χ2n) is 5.76. The first-order valence-electron chi connectivity index (χ1n) is 7.86. The van der Waals surface area contributed by atoms with Crippen molar-refractivity contribution in [2.45, 2.75) is 11.4 Å². The molecule has 0 aliphatic heterocycles. The van der Waals surface area contributed by atoms with Gasteiger partial charge >= 0.3 is 0 Å². The van der Waals surface area contributed by atoms with Crippen LogP contribution in [0.3, 0.4) is 0 Å². The third-order valence-corrected chi connectivity index (χ3v) is 6.79. The first kappa shape index (κ1) is 19.5. The molecule has 0 spiro atoms. The molecule has 2 heterocycles. The largest absolute Gasteiger partial charge is 0.337 e. The number of amides is 1. The Hall–Kier alpha value is -2.23. The Bertz CT molecular complexity index is 1040. The van der Waals surface area contributed by atoms with Crippen molar-refractivity contribution in [1.82, 2.24) is 9.88 Å². The second kappa shape index (κ2) is 8.20. The number of thiophene rings is 1. The number of nitrogens with one attached hydrogen (secondary N) is 1. The van der Waals surface area contributed by atoms with Crippen LogP contribution in [0.5, 0.6) is 0 Å². The van der Waals surface area contributed by atoms with Crippen LogP contribution < -0.4 is 4.72 Å². The Balaban J connectivity index is 1.71. The molecule has 6 nitrogen and oxygen atoms in total. The Morgan fingerprint density at radius 3 is 2.44 bits per heavy atom. The monoisotopic (exact) mass is 465 g/mol. The van der Waals surface area contributed by atoms with Crippen molar-refractivity contribution in [3.63, 3.8) is 0 Å². The van der Waals surface area contributed by atoms with Crippen molar-refractivity contribution in [2.75, 3.05) is 11.8 Å². The highest BCUT2D eigenvalue weighted by Gasteiger charge is 2.17. The van der Waals surface area contributed by atoms with Gasteiger partial charge in [0.05, 0.1) is 17.1 Å². The number of hydrogen-bond donors (Lipinski definition) is 1. The minimum absolute atomic E-state index is 0.0840. The van der Waals surface area contributed by atoms with Crippen LogP contribution in [0.2, 0.25) is 0 Å². The molecule has 9 heteroatoms. The van der Waals surface area contributed by atoms with Gasteiger partial charge in [-0.2, -0.15) is 0 Å². The molecule has 27 heavy (non-hydrogen) atoms. The van der Waals surface area contributed by atoms with E-state index in [2.05, 4.69) is 25.6 Å². The summed E-state index contributed by atoms with van der Waals surface area (Å²) >= 11 is 4.96. The summed E-state index contributed by atoms with van der Waals surface area (Å²) in [5.74, 6) is -0.175. The molecule has 0 aliphatic rings. The van der Waals surface area contributed by atoms with Gasteiger partial charge in [0, 0.05) is 39.7 Å². The molecule has 0 radical (unpaired) electrons. The Kier molecular flexibility index (Phi) is 5.93. The number of sulfonamides is 1. The van der Waals surface area contributed by atoms with E-state index in [0.717, 1.165) is 9.35 Å². The molecule has 3 rings (SSSR count). The number of pyridine rings is 1. The minimum Gasteiger partial charge on any atom is -0.337 e. The summed E-state index contributed by atoms with van der Waals surface area (Å²) in [4.78, 5) is 19.1. The van der Waals surface area contributed by atoms with E-state index in [1.807, 2.05) is 11.4 Å². The lowest BCUT2D eigenvalue weighted by atomic mass is 10.2. The Morgan fingerprint density at radius 1 is 1.19 bits per heavy atom. The van der Waals surface area contributed by atoms with Crippen LogP contribution in [0.25, 0.3) is 0 Å². The quantitative estimate of drug-likeness (QED) is 0.596. The lowest BCUT2D eigenvalue weighted by Gasteiger charge is -2.16. The first-order chi connectivity index (χ1) is 12.8. The maximum Gasteiger partial charge on any atom is 0.261 e. The van der Waals surface area contributed by atoms with Gasteiger partial charge in [0.1, 0.15) is 0 Å². The molecule has 0 aliphatic carbocycles. The van der Waals surface area contributed by atoms with Crippen molar-refractivity contribution in [3.8, 4) is 0 Å². The fourth-order valence-electron chi connectivity index (χ4n) is 2.37. The molecule has 3 aromatic rings. The van der Waals surface area contributed by atoms with Crippen LogP contribution in [0.15, 0.2) is 69.6 Å². The molecular weight excluding hydrogens is 450 g/mol. The first-order valence-corrected chi connectivity index (χ1v) is 11.0. The molecule has 1 aromatic carbocycles. The zero-order valence-electron chi connectivity index (χ0n) is 14.3. The van der Waals surface area contributed by atoms with E-state index in [4.69, 9.17) is 0 Å². The highest BCUT2D eigenvalue weighted by molar-refractivity contribution is 9.10. The number of carbonyl (C=O) groups excluding carboxylic acids is 1. The molecule has 2 aromatic heterocycles. The molecule has 140 valence electrons. The van der Waals surface area contributed by atoms with E-state index in [9.17, 15) is 13.2 Å². The molecule has 0 fully saturated rings. The van der Waals surface area contributed by atoms with E-state index in [-0.39, 0.29) is 10.8 Å². The van der Waals surface area contributed by atoms with Crippen LogP contribution in [-0.2, 0) is 16.6 Å². The molecule has 0 atom stereocenters. The standard InChI is InChI=1S/C18H16BrN3O3S2/c1-22(11-16-10-14(19)12-26-16)18(23)13-2-4-17(5-3-13)27(24,25)21-15-6-8-20-9-7-15/h2-10,12H,11H2,1H3,(H,20,21). The summed E-state index contributed by atoms with van der Waals surface area (Å²) in [6, 6.07) is 11.0. The maximum absolute atomic E-state index is 12.6. The van der Waals surface area contributed by atoms with Gasteiger partial charge in [-0.15, -0.1) is 11.3 Å². The van der Waals surface area contributed by atoms with Gasteiger partial charge in [-0.05, 0) is 58.4 Å². The molecule has 1 N–H and O–H groups in total. The van der Waals surface area contributed by atoms with Crippen molar-refractivity contribution < 1.29 is 13.2 Å². The van der Waals surface area contributed by atoms with Crippen LogP contribution in [0, 0.1) is 0 Å². The second-order valence-corrected chi connectivity index (χ2v) is 9.35. The van der Waals surface area contributed by atoms with Crippen molar-refractivity contribution >= 4 is 48.9 Å². The van der Waals surface area contributed by atoms with Crippen LogP contribution >= 0.6 is 27.3 Å². The van der Waals surface area contributed by atoms with E-state index >= 15 is 0 Å². The van der Waals surface area contributed by atoms with Crippen LogP contribution in [0.1, 0.15) is 15.2 Å². The fraction of sp³-hybridized carbons (Fsp3) is 0.111. The third-order valence-electron chi connectivity index (χ3n) is 3.71. The maximum atomic E-state index is 12.6. The van der Waals surface area contributed by atoms with Gasteiger partial charge in [-0.25, -0.2) is 8.42 Å². The summed E-state index contributed by atoms with van der Waals surface area (Å²) in [6.07, 6.45) is 3.00. The van der Waals surface area contributed by atoms with Gasteiger partial charge in [0.2, 0.25) is 0 Å². The van der Waals surface area contributed by atoms with E-state index in [1.54, 1.807) is 35.4 Å². The average Bonchev–Trinajstić information content (AvgIpc) is 3.06. The zero-order valence-corrected chi connectivity index (χ0v) is 17.5. The third kappa shape index (κ3) is 4.94. The molecular formula is C18H16BrN3O3S2. The van der Waals surface area contributed by atoms with Gasteiger partial charge in [0.15, 0.2) is 0 Å². The van der Waals surface area contributed by atoms with Crippen LogP contribution in [0.4, 0.5) is 5.69 Å². The van der Waals surface area contributed by atoms with Gasteiger partial charge in [-0.3, -0.25) is 14.5 Å². The van der Waals surface area contributed by atoms with E-state index < -0.39 is 10.0 Å². The minimum atomic E-state index is -3.73. The van der Waals surface area contributed by atoms with Crippen molar-refractivity contribution in [1.29, 1.82) is 0 Å². The highest BCUT2D eigenvalue weighted by atomic mass is 79.9.